The smallest absolute Gasteiger partial charge is 0.0775 e. The SMILES string of the molecule is [2H]c1c([2H])c([2H])c2c(c1N(c1ccccc1)c1ccc(C)cc1)c1c([2H])c([2H])c([2H])c3c4c([2H])c5c(c([2H])c4n2c13)c1c([2H])c([2H])c([2H])c2c3c(N(c4ccccc4)c4ccc([Si](C)(C)C)cc4)c([2H])c([2H])c([2H])c3n5c21. The van der Waals surface area contributed by atoms with Crippen molar-refractivity contribution in [3.63, 3.8) is 0 Å². The minimum atomic E-state index is -1.79. The molecule has 0 aliphatic heterocycles. The fraction of sp³-hybridized carbons (Fsp3) is 0.0690. The second-order valence-corrected chi connectivity index (χ2v) is 22.3. The molecule has 0 spiro atoms. The highest BCUT2D eigenvalue weighted by Crippen LogP contribution is 2.50. The number of hydrogen-bond donors (Lipinski definition) is 0. The van der Waals surface area contributed by atoms with Crippen LogP contribution in [0.5, 0.6) is 0 Å². The second-order valence-electron chi connectivity index (χ2n) is 17.2. The lowest BCUT2D eigenvalue weighted by Gasteiger charge is -2.27. The first-order valence-corrected chi connectivity index (χ1v) is 24.4. The Kier molecular flexibility index (Phi) is 5.18. The summed E-state index contributed by atoms with van der Waals surface area (Å²) in [5.41, 5.74) is 3.78. The largest absolute Gasteiger partial charge is 0.310 e. The van der Waals surface area contributed by atoms with Gasteiger partial charge in [-0.3, -0.25) is 0 Å². The summed E-state index contributed by atoms with van der Waals surface area (Å²) >= 11 is 0. The van der Waals surface area contributed by atoms with Crippen molar-refractivity contribution in [2.75, 3.05) is 9.80 Å². The number of anilines is 6. The lowest BCUT2D eigenvalue weighted by Crippen LogP contribution is -2.37. The van der Waals surface area contributed by atoms with Crippen molar-refractivity contribution >= 4 is 124 Å². The molecule has 0 saturated heterocycles. The molecule has 0 radical (unpaired) electrons. The van der Waals surface area contributed by atoms with Gasteiger partial charge >= 0.3 is 0 Å². The molecule has 13 aromatic rings. The molecule has 300 valence electrons. The van der Waals surface area contributed by atoms with E-state index in [1.165, 1.54) is 14.0 Å². The average molecular weight is 839 g/mol. The van der Waals surface area contributed by atoms with Gasteiger partial charge in [0.1, 0.15) is 0 Å². The van der Waals surface area contributed by atoms with Crippen LogP contribution in [0, 0.1) is 6.92 Å². The predicted molar refractivity (Wildman–Crippen MR) is 273 cm³/mol. The monoisotopic (exact) mass is 838 g/mol. The number of para-hydroxylation sites is 4. The van der Waals surface area contributed by atoms with Gasteiger partial charge in [0, 0.05) is 65.8 Å². The molecule has 0 saturated carbocycles. The molecule has 0 aliphatic rings. The first kappa shape index (κ1) is 24.7. The topological polar surface area (TPSA) is 15.3 Å². The van der Waals surface area contributed by atoms with Gasteiger partial charge in [-0.15, -0.1) is 0 Å². The average Bonchev–Trinajstić information content (AvgIpc) is 4.10. The maximum Gasteiger partial charge on any atom is 0.0775 e. The molecule has 0 N–H and O–H groups in total. The molecule has 0 bridgehead atoms. The number of nitrogens with zero attached hydrogens (tertiary/aromatic N) is 4. The van der Waals surface area contributed by atoms with Crippen LogP contribution in [0.1, 0.15) is 24.8 Å². The molecular formula is C58H44N4Si. The van der Waals surface area contributed by atoms with Gasteiger partial charge < -0.3 is 18.6 Å². The zero-order valence-electron chi connectivity index (χ0n) is 48.7. The van der Waals surface area contributed by atoms with E-state index in [2.05, 4.69) is 19.6 Å². The Morgan fingerprint density at radius 3 is 1.25 bits per heavy atom. The molecular weight excluding hydrogens is 781 g/mol. The van der Waals surface area contributed by atoms with Crippen LogP contribution in [0.4, 0.5) is 34.1 Å². The van der Waals surface area contributed by atoms with E-state index in [-0.39, 0.29) is 112 Å². The Morgan fingerprint density at radius 1 is 0.413 bits per heavy atom. The number of hydrogen-bond acceptors (Lipinski definition) is 2. The van der Waals surface area contributed by atoms with E-state index in [0.29, 0.717) is 22.7 Å². The Morgan fingerprint density at radius 2 is 0.810 bits per heavy atom. The first-order valence-electron chi connectivity index (χ1n) is 27.9. The highest BCUT2D eigenvalue weighted by atomic mass is 28.3. The Bertz CT molecular complexity index is 4710. The van der Waals surface area contributed by atoms with Gasteiger partial charge in [0.05, 0.1) is 71.7 Å². The van der Waals surface area contributed by atoms with Crippen LogP contribution < -0.4 is 15.0 Å². The van der Waals surface area contributed by atoms with E-state index < -0.39 is 68.5 Å². The third-order valence-electron chi connectivity index (χ3n) is 12.4. The fourth-order valence-electron chi connectivity index (χ4n) is 9.51. The Balaban J connectivity index is 1.25. The fourth-order valence-corrected chi connectivity index (χ4v) is 10.7. The summed E-state index contributed by atoms with van der Waals surface area (Å²) in [6.45, 7) is 8.64. The Labute approximate surface area is 386 Å². The lowest BCUT2D eigenvalue weighted by molar-refractivity contribution is 1.29. The van der Waals surface area contributed by atoms with Gasteiger partial charge in [0.15, 0.2) is 0 Å². The van der Waals surface area contributed by atoms with Crippen LogP contribution in [0.15, 0.2) is 194 Å². The quantitative estimate of drug-likeness (QED) is 0.149. The third-order valence-corrected chi connectivity index (χ3v) is 14.5. The maximum atomic E-state index is 10.4. The van der Waals surface area contributed by atoms with Gasteiger partial charge in [0.2, 0.25) is 0 Å². The molecule has 4 heterocycles. The van der Waals surface area contributed by atoms with Crippen molar-refractivity contribution in [3.05, 3.63) is 199 Å². The highest BCUT2D eigenvalue weighted by Gasteiger charge is 2.27. The predicted octanol–water partition coefficient (Wildman–Crippen LogP) is 15.8. The molecule has 9 aromatic carbocycles. The first-order chi connectivity index (χ1) is 36.7. The van der Waals surface area contributed by atoms with E-state index >= 15 is 0 Å². The van der Waals surface area contributed by atoms with Crippen LogP contribution in [0.25, 0.3) is 76.2 Å². The van der Waals surface area contributed by atoms with E-state index in [4.69, 9.17) is 0 Å². The summed E-state index contributed by atoms with van der Waals surface area (Å²) in [6, 6.07) is 28.0. The molecule has 4 aromatic heterocycles. The van der Waals surface area contributed by atoms with E-state index in [9.17, 15) is 19.2 Å². The zero-order valence-corrected chi connectivity index (χ0v) is 35.7. The van der Waals surface area contributed by atoms with Crippen molar-refractivity contribution in [1.82, 2.24) is 8.80 Å². The van der Waals surface area contributed by atoms with Gasteiger partial charge in [-0.05, 0) is 91.7 Å². The highest BCUT2D eigenvalue weighted by molar-refractivity contribution is 6.88. The van der Waals surface area contributed by atoms with Gasteiger partial charge in [-0.1, -0.05) is 139 Å². The number of aromatic nitrogens is 2. The summed E-state index contributed by atoms with van der Waals surface area (Å²) < 4.78 is 139. The standard InChI is InChI=1S/C58H44N4Si/c1-37-27-29-40(30-28-37)59(38-15-7-5-8-16-38)49-23-13-25-51-55(49)45-21-11-19-43-47-36-54-48(35-53(47)61(51)57(43)45)44-20-12-22-46-56-50(24-14-26-52(56)62(54)58(44)46)60(39-17-9-6-10-18-39)41-31-33-42(34-32-41)63(2,3)4/h5-36H,1-4H3/i11D,12D,13D,14D,19D,20D,21D,22D,23D,24D,25D,26D,35D,36D. The van der Waals surface area contributed by atoms with Crippen LogP contribution in [0.3, 0.4) is 0 Å². The molecule has 0 fully saturated rings. The molecule has 4 nitrogen and oxygen atoms in total. The van der Waals surface area contributed by atoms with Gasteiger partial charge in [0.25, 0.3) is 0 Å². The van der Waals surface area contributed by atoms with Crippen LogP contribution in [-0.4, -0.2) is 16.9 Å². The van der Waals surface area contributed by atoms with Crippen LogP contribution in [0.2, 0.25) is 19.6 Å². The van der Waals surface area contributed by atoms with E-state index in [1.807, 2.05) is 116 Å². The molecule has 63 heavy (non-hydrogen) atoms. The van der Waals surface area contributed by atoms with Gasteiger partial charge in [-0.2, -0.15) is 0 Å². The van der Waals surface area contributed by atoms with E-state index in [0.717, 1.165) is 5.56 Å². The minimum absolute atomic E-state index is 0.000933. The minimum Gasteiger partial charge on any atom is -0.310 e. The third kappa shape index (κ3) is 5.14. The van der Waals surface area contributed by atoms with E-state index in [1.54, 1.807) is 9.80 Å². The lowest BCUT2D eigenvalue weighted by atomic mass is 10.0. The number of benzene rings is 9. The van der Waals surface area contributed by atoms with Crippen LogP contribution in [-0.2, 0) is 0 Å². The zero-order chi connectivity index (χ0) is 54.3. The number of fused-ring (bicyclic) bond motifs is 12. The molecule has 0 aliphatic carbocycles. The van der Waals surface area contributed by atoms with Crippen molar-refractivity contribution in [2.45, 2.75) is 26.6 Å². The molecule has 13 rings (SSSR count). The molecule has 5 heteroatoms. The van der Waals surface area contributed by atoms with Crippen molar-refractivity contribution in [3.8, 4) is 0 Å². The molecule has 0 unspecified atom stereocenters. The number of rotatable bonds is 7. The maximum absolute atomic E-state index is 10.4. The summed E-state index contributed by atoms with van der Waals surface area (Å²) in [4.78, 5) is 3.56. The van der Waals surface area contributed by atoms with Gasteiger partial charge in [-0.25, -0.2) is 0 Å². The summed E-state index contributed by atoms with van der Waals surface area (Å²) in [5, 5.41) is 1.57. The second kappa shape index (κ2) is 13.2. The summed E-state index contributed by atoms with van der Waals surface area (Å²) in [7, 11) is -1.79. The summed E-state index contributed by atoms with van der Waals surface area (Å²) in [6.07, 6.45) is 0. The number of aryl methyl sites for hydroxylation is 1. The van der Waals surface area contributed by atoms with Crippen LogP contribution >= 0.6 is 0 Å². The molecule has 0 atom stereocenters. The Hall–Kier alpha value is -7.60. The molecule has 0 amide bonds. The van der Waals surface area contributed by atoms with Crippen molar-refractivity contribution in [1.29, 1.82) is 0 Å². The van der Waals surface area contributed by atoms with Crippen molar-refractivity contribution in [2.24, 2.45) is 0 Å². The summed E-state index contributed by atoms with van der Waals surface area (Å²) in [5.74, 6) is 0. The normalized spacial score (nSPS) is 15.6. The van der Waals surface area contributed by atoms with Crippen molar-refractivity contribution < 1.29 is 19.2 Å².